The van der Waals surface area contributed by atoms with Crippen molar-refractivity contribution in [2.75, 3.05) is 12.1 Å². The summed E-state index contributed by atoms with van der Waals surface area (Å²) >= 11 is 6.01. The Morgan fingerprint density at radius 2 is 1.78 bits per heavy atom. The highest BCUT2D eigenvalue weighted by molar-refractivity contribution is 6.33. The van der Waals surface area contributed by atoms with E-state index in [1.165, 1.54) is 12.1 Å². The molecular formula is C22H13ClF8N4O2. The van der Waals surface area contributed by atoms with Crippen molar-refractivity contribution in [2.24, 2.45) is 10.1 Å². The lowest BCUT2D eigenvalue weighted by atomic mass is 9.95. The molecule has 1 aliphatic rings. The predicted molar refractivity (Wildman–Crippen MR) is 117 cm³/mol. The zero-order valence-corrected chi connectivity index (χ0v) is 19.0. The van der Waals surface area contributed by atoms with Crippen LogP contribution in [-0.4, -0.2) is 42.8 Å². The van der Waals surface area contributed by atoms with E-state index in [4.69, 9.17) is 16.1 Å². The molecule has 0 amide bonds. The topological polar surface area (TPSA) is 63.2 Å². The van der Waals surface area contributed by atoms with Gasteiger partial charge in [-0.2, -0.15) is 31.4 Å². The van der Waals surface area contributed by atoms with Gasteiger partial charge in [0.25, 0.3) is 5.90 Å². The van der Waals surface area contributed by atoms with Gasteiger partial charge in [0.05, 0.1) is 29.3 Å². The summed E-state index contributed by atoms with van der Waals surface area (Å²) in [6, 6.07) is 4.81. The summed E-state index contributed by atoms with van der Waals surface area (Å²) in [6.45, 7) is 0. The van der Waals surface area contributed by atoms with Gasteiger partial charge in [-0.05, 0) is 30.3 Å². The Balaban J connectivity index is 1.94. The van der Waals surface area contributed by atoms with Crippen LogP contribution in [0.3, 0.4) is 0 Å². The summed E-state index contributed by atoms with van der Waals surface area (Å²) in [7, 11) is 0.635. The van der Waals surface area contributed by atoms with Gasteiger partial charge in [-0.15, -0.1) is 0 Å². The molecule has 0 saturated heterocycles. The first kappa shape index (κ1) is 26.4. The smallest absolute Gasteiger partial charge is 0.468 e. The molecule has 2 heterocycles. The standard InChI is InChI=1S/C22H13ClF8N4O2/c1-36-20(22(29,30)31)33-17-16(15-13(23)6-3-7-14(15)25)34-37-18(17)12-9-32-35(19(12)21(26,27)28)11-5-2-4-10(24)8-11/h2-9,12,19H,1H3. The summed E-state index contributed by atoms with van der Waals surface area (Å²) in [4.78, 5) is 3.32. The van der Waals surface area contributed by atoms with Crippen LogP contribution in [0.1, 0.15) is 11.7 Å². The summed E-state index contributed by atoms with van der Waals surface area (Å²) in [5, 5.41) is 7.31. The lowest BCUT2D eigenvalue weighted by Gasteiger charge is -2.28. The van der Waals surface area contributed by atoms with Gasteiger partial charge in [-0.3, -0.25) is 5.01 Å². The van der Waals surface area contributed by atoms with Gasteiger partial charge in [0.1, 0.15) is 23.0 Å². The Kier molecular flexibility index (Phi) is 6.88. The lowest BCUT2D eigenvalue weighted by Crippen LogP contribution is -2.44. The number of aromatic nitrogens is 1. The molecule has 37 heavy (non-hydrogen) atoms. The Labute approximate surface area is 207 Å². The second-order valence-corrected chi connectivity index (χ2v) is 7.97. The average Bonchev–Trinajstić information content (AvgIpc) is 3.41. The molecule has 0 radical (unpaired) electrons. The first-order valence-corrected chi connectivity index (χ1v) is 10.5. The maximum atomic E-state index is 14.6. The molecule has 0 spiro atoms. The number of nitrogens with zero attached hydrogens (tertiary/aromatic N) is 4. The van der Waals surface area contributed by atoms with E-state index in [0.717, 1.165) is 36.5 Å². The van der Waals surface area contributed by atoms with E-state index in [1.807, 2.05) is 0 Å². The number of anilines is 1. The lowest BCUT2D eigenvalue weighted by molar-refractivity contribution is -0.149. The number of benzene rings is 2. The molecule has 196 valence electrons. The Morgan fingerprint density at radius 1 is 1.08 bits per heavy atom. The molecule has 0 N–H and O–H groups in total. The van der Waals surface area contributed by atoms with Crippen LogP contribution in [0.5, 0.6) is 0 Å². The fourth-order valence-electron chi connectivity index (χ4n) is 3.69. The fraction of sp³-hybridized carbons (Fsp3) is 0.227. The summed E-state index contributed by atoms with van der Waals surface area (Å²) < 4.78 is 121. The maximum Gasteiger partial charge on any atom is 0.468 e. The number of alkyl halides is 6. The first-order chi connectivity index (χ1) is 17.3. The molecule has 2 aromatic carbocycles. The van der Waals surface area contributed by atoms with Crippen molar-refractivity contribution in [3.63, 3.8) is 0 Å². The van der Waals surface area contributed by atoms with Gasteiger partial charge in [0.15, 0.2) is 11.8 Å². The van der Waals surface area contributed by atoms with Crippen LogP contribution in [0.2, 0.25) is 5.02 Å². The van der Waals surface area contributed by atoms with Gasteiger partial charge in [0.2, 0.25) is 0 Å². The summed E-state index contributed by atoms with van der Waals surface area (Å²) in [5.41, 5.74) is -2.46. The van der Waals surface area contributed by atoms with Crippen molar-refractivity contribution in [1.82, 2.24) is 5.16 Å². The molecule has 1 aliphatic heterocycles. The minimum absolute atomic E-state index is 0.295. The van der Waals surface area contributed by atoms with Crippen molar-refractivity contribution in [3.05, 3.63) is 64.9 Å². The molecule has 2 atom stereocenters. The predicted octanol–water partition coefficient (Wildman–Crippen LogP) is 7.03. The zero-order valence-electron chi connectivity index (χ0n) is 18.3. The number of hydrogen-bond donors (Lipinski definition) is 0. The van der Waals surface area contributed by atoms with E-state index in [1.54, 1.807) is 0 Å². The van der Waals surface area contributed by atoms with E-state index < -0.39 is 64.5 Å². The maximum absolute atomic E-state index is 14.6. The average molecular weight is 553 g/mol. The minimum Gasteiger partial charge on any atom is -0.478 e. The van der Waals surface area contributed by atoms with Crippen molar-refractivity contribution in [3.8, 4) is 11.3 Å². The van der Waals surface area contributed by atoms with Gasteiger partial charge < -0.3 is 9.26 Å². The van der Waals surface area contributed by atoms with Crippen molar-refractivity contribution >= 4 is 35.1 Å². The molecular weight excluding hydrogens is 540 g/mol. The number of aliphatic imine (C=N–C) groups is 1. The van der Waals surface area contributed by atoms with E-state index in [9.17, 15) is 35.1 Å². The van der Waals surface area contributed by atoms with Gasteiger partial charge >= 0.3 is 12.4 Å². The first-order valence-electron chi connectivity index (χ1n) is 10.1. The Morgan fingerprint density at radius 3 is 2.38 bits per heavy atom. The van der Waals surface area contributed by atoms with Crippen LogP contribution >= 0.6 is 11.6 Å². The van der Waals surface area contributed by atoms with Gasteiger partial charge in [-0.1, -0.05) is 28.9 Å². The number of hydrazone groups is 1. The Hall–Kier alpha value is -3.68. The molecule has 0 bridgehead atoms. The third-order valence-electron chi connectivity index (χ3n) is 5.21. The van der Waals surface area contributed by atoms with Crippen LogP contribution in [-0.2, 0) is 4.74 Å². The number of halogens is 9. The molecule has 0 aliphatic carbocycles. The highest BCUT2D eigenvalue weighted by Gasteiger charge is 2.54. The highest BCUT2D eigenvalue weighted by atomic mass is 35.5. The van der Waals surface area contributed by atoms with E-state index in [2.05, 4.69) is 20.0 Å². The normalized spacial score (nSPS) is 18.5. The molecule has 2 unspecified atom stereocenters. The van der Waals surface area contributed by atoms with Crippen LogP contribution in [0, 0.1) is 11.6 Å². The van der Waals surface area contributed by atoms with E-state index in [0.29, 0.717) is 12.1 Å². The van der Waals surface area contributed by atoms with Gasteiger partial charge in [-0.25, -0.2) is 13.8 Å². The third-order valence-corrected chi connectivity index (χ3v) is 5.52. The number of ether oxygens (including phenoxy) is 1. The molecule has 15 heteroatoms. The molecule has 0 saturated carbocycles. The molecule has 4 rings (SSSR count). The fourth-order valence-corrected chi connectivity index (χ4v) is 3.94. The van der Waals surface area contributed by atoms with Crippen molar-refractivity contribution in [2.45, 2.75) is 24.3 Å². The largest absolute Gasteiger partial charge is 0.478 e. The SMILES string of the molecule is COC(=Nc1c(-c2c(F)cccc2Cl)noc1C1C=NN(c2cccc(F)c2)C1C(F)(F)F)C(F)(F)F. The van der Waals surface area contributed by atoms with Crippen LogP contribution in [0.25, 0.3) is 11.3 Å². The molecule has 1 aromatic heterocycles. The van der Waals surface area contributed by atoms with Gasteiger partial charge in [0, 0.05) is 6.21 Å². The monoisotopic (exact) mass is 552 g/mol. The molecule has 0 fully saturated rings. The quantitative estimate of drug-likeness (QED) is 0.198. The van der Waals surface area contributed by atoms with Crippen LogP contribution in [0.15, 0.2) is 57.1 Å². The molecule has 6 nitrogen and oxygen atoms in total. The van der Waals surface area contributed by atoms with Crippen LogP contribution < -0.4 is 5.01 Å². The highest BCUT2D eigenvalue weighted by Crippen LogP contribution is 2.47. The number of rotatable bonds is 4. The van der Waals surface area contributed by atoms with E-state index in [-0.39, 0.29) is 10.7 Å². The van der Waals surface area contributed by atoms with Crippen molar-refractivity contribution in [1.29, 1.82) is 0 Å². The Bertz CT molecular complexity index is 1350. The minimum atomic E-state index is -5.18. The molecule has 3 aromatic rings. The van der Waals surface area contributed by atoms with Crippen LogP contribution in [0.4, 0.5) is 46.5 Å². The van der Waals surface area contributed by atoms with E-state index >= 15 is 0 Å². The second-order valence-electron chi connectivity index (χ2n) is 7.56. The zero-order chi connectivity index (χ0) is 27.1. The second kappa shape index (κ2) is 9.65. The summed E-state index contributed by atoms with van der Waals surface area (Å²) in [5.74, 6) is -6.54. The third kappa shape index (κ3) is 5.10. The summed E-state index contributed by atoms with van der Waals surface area (Å²) in [6.07, 6.45) is -9.51. The van der Waals surface area contributed by atoms with Crippen molar-refractivity contribution < 1.29 is 44.4 Å². The number of methoxy groups -OCH3 is 1. The number of hydrogen-bond acceptors (Lipinski definition) is 6.